The lowest BCUT2D eigenvalue weighted by Gasteiger charge is -2.15. The van der Waals surface area contributed by atoms with Crippen LogP contribution in [0.15, 0.2) is 36.1 Å². The Hall–Kier alpha value is -1.31. The maximum Gasteiger partial charge on any atom is 0.169 e. The molecule has 2 heteroatoms. The summed E-state index contributed by atoms with van der Waals surface area (Å²) in [5.41, 5.74) is 0.597. The first-order chi connectivity index (χ1) is 5.79. The van der Waals surface area contributed by atoms with Crippen molar-refractivity contribution < 1.29 is 9.53 Å². The summed E-state index contributed by atoms with van der Waals surface area (Å²) < 4.78 is 5.29. The zero-order valence-electron chi connectivity index (χ0n) is 7.17. The topological polar surface area (TPSA) is 26.3 Å². The van der Waals surface area contributed by atoms with Gasteiger partial charge in [0, 0.05) is 6.42 Å². The van der Waals surface area contributed by atoms with Crippen molar-refractivity contribution in [2.45, 2.75) is 13.3 Å². The first kappa shape index (κ1) is 8.78. The number of carbonyl (C=O) groups is 1. The van der Waals surface area contributed by atoms with Gasteiger partial charge >= 0.3 is 0 Å². The highest BCUT2D eigenvalue weighted by Crippen LogP contribution is 2.17. The number of allylic oxidation sites excluding steroid dienone is 4. The summed E-state index contributed by atoms with van der Waals surface area (Å²) in [4.78, 5) is 11.3. The molecule has 0 N–H and O–H groups in total. The minimum absolute atomic E-state index is 0.115. The zero-order valence-corrected chi connectivity index (χ0v) is 7.17. The summed E-state index contributed by atoms with van der Waals surface area (Å²) in [7, 11) is 0. The third-order valence-corrected chi connectivity index (χ3v) is 1.67. The maximum absolute atomic E-state index is 11.3. The Kier molecular flexibility index (Phi) is 2.86. The Labute approximate surface area is 72.2 Å². The van der Waals surface area contributed by atoms with Crippen LogP contribution in [0.2, 0.25) is 0 Å². The van der Waals surface area contributed by atoms with Crippen molar-refractivity contribution in [1.29, 1.82) is 0 Å². The van der Waals surface area contributed by atoms with Crippen molar-refractivity contribution in [3.05, 3.63) is 36.1 Å². The highest BCUT2D eigenvalue weighted by atomic mass is 16.5. The first-order valence-corrected chi connectivity index (χ1v) is 3.95. The summed E-state index contributed by atoms with van der Waals surface area (Å²) in [6.07, 6.45) is 5.64. The number of ketones is 1. The van der Waals surface area contributed by atoms with Crippen LogP contribution in [0.25, 0.3) is 0 Å². The van der Waals surface area contributed by atoms with E-state index in [9.17, 15) is 4.79 Å². The smallest absolute Gasteiger partial charge is 0.169 e. The fraction of sp³-hybridized carbons (Fsp3) is 0.300. The van der Waals surface area contributed by atoms with Gasteiger partial charge in [-0.25, -0.2) is 0 Å². The molecule has 0 saturated carbocycles. The van der Waals surface area contributed by atoms with E-state index >= 15 is 0 Å². The molecule has 1 heterocycles. The summed E-state index contributed by atoms with van der Waals surface area (Å²) in [5, 5.41) is 0. The Morgan fingerprint density at radius 3 is 2.92 bits per heavy atom. The third kappa shape index (κ3) is 1.64. The van der Waals surface area contributed by atoms with Crippen LogP contribution in [0, 0.1) is 0 Å². The molecule has 64 valence electrons. The van der Waals surface area contributed by atoms with Crippen molar-refractivity contribution in [3.63, 3.8) is 0 Å². The third-order valence-electron chi connectivity index (χ3n) is 1.67. The van der Waals surface area contributed by atoms with Crippen LogP contribution < -0.4 is 0 Å². The van der Waals surface area contributed by atoms with Gasteiger partial charge in [0.15, 0.2) is 5.78 Å². The SMILES string of the molecule is C=CC1=C(/C=C\C)OCCC1=O. The Bertz CT molecular complexity index is 259. The van der Waals surface area contributed by atoms with Crippen LogP contribution in [0.3, 0.4) is 0 Å². The number of Topliss-reactive ketones (excluding diaryl/α,β-unsaturated/α-hetero) is 1. The van der Waals surface area contributed by atoms with E-state index in [2.05, 4.69) is 6.58 Å². The molecule has 0 bridgehead atoms. The van der Waals surface area contributed by atoms with Crippen molar-refractivity contribution >= 4 is 5.78 Å². The molecule has 1 aliphatic rings. The second kappa shape index (κ2) is 3.90. The molecule has 0 spiro atoms. The second-order valence-corrected chi connectivity index (χ2v) is 2.50. The Morgan fingerprint density at radius 1 is 1.58 bits per heavy atom. The lowest BCUT2D eigenvalue weighted by Crippen LogP contribution is -2.14. The molecular weight excluding hydrogens is 152 g/mol. The Morgan fingerprint density at radius 2 is 2.33 bits per heavy atom. The standard InChI is InChI=1S/C10H12O2/c1-3-5-10-8(4-2)9(11)6-7-12-10/h3-5H,2,6-7H2,1H3/b5-3-. The van der Waals surface area contributed by atoms with E-state index in [1.54, 1.807) is 12.2 Å². The van der Waals surface area contributed by atoms with Crippen LogP contribution >= 0.6 is 0 Å². The van der Waals surface area contributed by atoms with Crippen LogP contribution in [-0.4, -0.2) is 12.4 Å². The van der Waals surface area contributed by atoms with E-state index < -0.39 is 0 Å². The van der Waals surface area contributed by atoms with Gasteiger partial charge in [0.2, 0.25) is 0 Å². The monoisotopic (exact) mass is 164 g/mol. The van der Waals surface area contributed by atoms with E-state index in [-0.39, 0.29) is 5.78 Å². The molecule has 12 heavy (non-hydrogen) atoms. The molecule has 0 atom stereocenters. The summed E-state index contributed by atoms with van der Waals surface area (Å²) in [6, 6.07) is 0. The van der Waals surface area contributed by atoms with Crippen molar-refractivity contribution in [2.24, 2.45) is 0 Å². The fourth-order valence-corrected chi connectivity index (χ4v) is 1.11. The van der Waals surface area contributed by atoms with E-state index in [1.165, 1.54) is 0 Å². The maximum atomic E-state index is 11.3. The number of ether oxygens (including phenoxy) is 1. The van der Waals surface area contributed by atoms with Gasteiger partial charge in [-0.3, -0.25) is 4.79 Å². The van der Waals surface area contributed by atoms with Crippen LogP contribution in [0.4, 0.5) is 0 Å². The van der Waals surface area contributed by atoms with Gasteiger partial charge < -0.3 is 4.74 Å². The summed E-state index contributed by atoms with van der Waals surface area (Å²) in [5.74, 6) is 0.758. The highest BCUT2D eigenvalue weighted by molar-refractivity contribution is 5.99. The van der Waals surface area contributed by atoms with E-state index in [0.717, 1.165) is 0 Å². The zero-order chi connectivity index (χ0) is 8.97. The number of carbonyl (C=O) groups excluding carboxylic acids is 1. The minimum Gasteiger partial charge on any atom is -0.492 e. The average Bonchev–Trinajstić information content (AvgIpc) is 2.05. The van der Waals surface area contributed by atoms with Crippen LogP contribution in [0.1, 0.15) is 13.3 Å². The normalized spacial score (nSPS) is 18.2. The Balaban J connectivity index is 3.01. The minimum atomic E-state index is 0.115. The quantitative estimate of drug-likeness (QED) is 0.624. The predicted molar refractivity (Wildman–Crippen MR) is 47.6 cm³/mol. The van der Waals surface area contributed by atoms with Gasteiger partial charge in [-0.05, 0) is 13.0 Å². The van der Waals surface area contributed by atoms with Gasteiger partial charge in [-0.2, -0.15) is 0 Å². The number of hydrogen-bond acceptors (Lipinski definition) is 2. The molecule has 0 amide bonds. The molecule has 0 fully saturated rings. The molecule has 1 rings (SSSR count). The van der Waals surface area contributed by atoms with Crippen molar-refractivity contribution in [1.82, 2.24) is 0 Å². The lowest BCUT2D eigenvalue weighted by molar-refractivity contribution is -0.117. The van der Waals surface area contributed by atoms with E-state index in [1.807, 2.05) is 13.0 Å². The highest BCUT2D eigenvalue weighted by Gasteiger charge is 2.16. The van der Waals surface area contributed by atoms with Crippen molar-refractivity contribution in [2.75, 3.05) is 6.61 Å². The first-order valence-electron chi connectivity index (χ1n) is 3.95. The molecule has 0 aliphatic carbocycles. The molecule has 0 saturated heterocycles. The van der Waals surface area contributed by atoms with Gasteiger partial charge in [-0.1, -0.05) is 18.7 Å². The summed E-state index contributed by atoms with van der Waals surface area (Å²) >= 11 is 0. The van der Waals surface area contributed by atoms with E-state index in [0.29, 0.717) is 24.4 Å². The average molecular weight is 164 g/mol. The molecule has 0 aromatic rings. The van der Waals surface area contributed by atoms with Gasteiger partial charge in [-0.15, -0.1) is 0 Å². The molecule has 0 aromatic heterocycles. The van der Waals surface area contributed by atoms with Crippen molar-refractivity contribution in [3.8, 4) is 0 Å². The molecule has 0 aromatic carbocycles. The molecule has 2 nitrogen and oxygen atoms in total. The molecule has 0 unspecified atom stereocenters. The van der Waals surface area contributed by atoms with E-state index in [4.69, 9.17) is 4.74 Å². The second-order valence-electron chi connectivity index (χ2n) is 2.50. The molecular formula is C10H12O2. The van der Waals surface area contributed by atoms with Crippen LogP contribution in [-0.2, 0) is 9.53 Å². The lowest BCUT2D eigenvalue weighted by atomic mass is 10.1. The predicted octanol–water partition coefficient (Wildman–Crippen LogP) is 1.99. The van der Waals surface area contributed by atoms with Gasteiger partial charge in [0.1, 0.15) is 5.76 Å². The summed E-state index contributed by atoms with van der Waals surface area (Å²) in [6.45, 7) is 5.94. The molecule has 1 aliphatic heterocycles. The molecule has 0 radical (unpaired) electrons. The number of hydrogen-bond donors (Lipinski definition) is 0. The van der Waals surface area contributed by atoms with Gasteiger partial charge in [0.05, 0.1) is 12.2 Å². The number of rotatable bonds is 2. The van der Waals surface area contributed by atoms with Crippen LogP contribution in [0.5, 0.6) is 0 Å². The fourth-order valence-electron chi connectivity index (χ4n) is 1.11. The largest absolute Gasteiger partial charge is 0.492 e. The van der Waals surface area contributed by atoms with Gasteiger partial charge in [0.25, 0.3) is 0 Å².